The molecule has 0 atom stereocenters. The van der Waals surface area contributed by atoms with Crippen molar-refractivity contribution in [2.24, 2.45) is 0 Å². The van der Waals surface area contributed by atoms with E-state index in [0.717, 1.165) is 20.2 Å². The second-order valence-electron chi connectivity index (χ2n) is 6.77. The average molecular weight is 592 g/mol. The van der Waals surface area contributed by atoms with E-state index in [1.165, 1.54) is 7.11 Å². The zero-order valence-corrected chi connectivity index (χ0v) is 20.8. The van der Waals surface area contributed by atoms with Crippen LogP contribution < -0.4 is 14.4 Å². The number of nitrogens with zero attached hydrogens (tertiary/aromatic N) is 1. The molecule has 0 spiro atoms. The van der Waals surface area contributed by atoms with Gasteiger partial charge < -0.3 is 9.47 Å². The number of esters is 1. The smallest absolute Gasteiger partial charge is 0.344 e. The summed E-state index contributed by atoms with van der Waals surface area (Å²) in [6.07, 6.45) is 1.59. The maximum Gasteiger partial charge on any atom is 0.344 e. The number of ether oxygens (including phenoxy) is 2. The van der Waals surface area contributed by atoms with E-state index in [4.69, 9.17) is 21.1 Å². The van der Waals surface area contributed by atoms with Crippen LogP contribution in [0.25, 0.3) is 6.08 Å². The van der Waals surface area contributed by atoms with Gasteiger partial charge in [-0.2, -0.15) is 0 Å². The molecule has 0 unspecified atom stereocenters. The quantitative estimate of drug-likeness (QED) is 0.148. The Morgan fingerprint density at radius 3 is 2.45 bits per heavy atom. The van der Waals surface area contributed by atoms with Crippen molar-refractivity contribution in [3.63, 3.8) is 0 Å². The first-order chi connectivity index (χ1) is 15.9. The molecular formula is C24H15ClINO5S. The molecular weight excluding hydrogens is 577 g/mol. The Labute approximate surface area is 212 Å². The van der Waals surface area contributed by atoms with Gasteiger partial charge in [0.05, 0.1) is 23.3 Å². The van der Waals surface area contributed by atoms with Gasteiger partial charge in [0, 0.05) is 8.59 Å². The second kappa shape index (κ2) is 9.98. The summed E-state index contributed by atoms with van der Waals surface area (Å²) >= 11 is 8.80. The van der Waals surface area contributed by atoms with Gasteiger partial charge in [-0.05, 0) is 94.5 Å². The van der Waals surface area contributed by atoms with Crippen molar-refractivity contribution in [1.29, 1.82) is 0 Å². The summed E-state index contributed by atoms with van der Waals surface area (Å²) in [6, 6.07) is 18.4. The third kappa shape index (κ3) is 5.07. The number of anilines is 1. The lowest BCUT2D eigenvalue weighted by atomic mass is 10.1. The number of methoxy groups -OCH3 is 1. The lowest BCUT2D eigenvalue weighted by Gasteiger charge is -2.12. The topological polar surface area (TPSA) is 72.9 Å². The van der Waals surface area contributed by atoms with Crippen molar-refractivity contribution in [1.82, 2.24) is 0 Å². The fourth-order valence-electron chi connectivity index (χ4n) is 3.07. The van der Waals surface area contributed by atoms with Crippen LogP contribution in [0.1, 0.15) is 15.9 Å². The number of halogens is 2. The summed E-state index contributed by atoms with van der Waals surface area (Å²) in [5.41, 5.74) is 1.50. The van der Waals surface area contributed by atoms with Crippen molar-refractivity contribution < 1.29 is 23.9 Å². The molecule has 0 N–H and O–H groups in total. The van der Waals surface area contributed by atoms with E-state index in [1.54, 1.807) is 60.7 Å². The molecule has 166 valence electrons. The first-order valence-corrected chi connectivity index (χ1v) is 11.8. The number of benzene rings is 3. The Hall–Kier alpha value is -2.82. The summed E-state index contributed by atoms with van der Waals surface area (Å²) in [6.45, 7) is 0. The van der Waals surface area contributed by atoms with Gasteiger partial charge in [0.15, 0.2) is 11.5 Å². The van der Waals surface area contributed by atoms with Crippen LogP contribution in [0, 0.1) is 3.57 Å². The molecule has 0 aromatic heterocycles. The van der Waals surface area contributed by atoms with E-state index < -0.39 is 17.1 Å². The Bertz CT molecular complexity index is 1290. The van der Waals surface area contributed by atoms with Crippen LogP contribution in [-0.4, -0.2) is 24.2 Å². The molecule has 1 aliphatic heterocycles. The molecule has 6 nitrogen and oxygen atoms in total. The zero-order chi connectivity index (χ0) is 23.5. The van der Waals surface area contributed by atoms with Gasteiger partial charge in [-0.3, -0.25) is 9.59 Å². The summed E-state index contributed by atoms with van der Waals surface area (Å²) in [4.78, 5) is 39.2. The van der Waals surface area contributed by atoms with Crippen LogP contribution in [0.15, 0.2) is 71.6 Å². The number of imide groups is 1. The number of amides is 2. The van der Waals surface area contributed by atoms with Crippen molar-refractivity contribution in [2.45, 2.75) is 0 Å². The van der Waals surface area contributed by atoms with Gasteiger partial charge in [-0.25, -0.2) is 9.69 Å². The fraction of sp³-hybridized carbons (Fsp3) is 0.0417. The van der Waals surface area contributed by atoms with Crippen molar-refractivity contribution in [2.75, 3.05) is 12.0 Å². The third-order valence-electron chi connectivity index (χ3n) is 4.66. The number of carbonyl (C=O) groups is 3. The maximum absolute atomic E-state index is 12.8. The van der Waals surface area contributed by atoms with Crippen LogP contribution in [0.3, 0.4) is 0 Å². The van der Waals surface area contributed by atoms with E-state index in [1.807, 2.05) is 12.1 Å². The van der Waals surface area contributed by atoms with E-state index in [9.17, 15) is 14.4 Å². The Kier molecular flexibility index (Phi) is 7.06. The minimum absolute atomic E-state index is 0.244. The predicted molar refractivity (Wildman–Crippen MR) is 137 cm³/mol. The highest BCUT2D eigenvalue weighted by Crippen LogP contribution is 2.37. The highest BCUT2D eigenvalue weighted by molar-refractivity contribution is 14.1. The fourth-order valence-corrected chi connectivity index (χ4v) is 4.65. The molecule has 3 aromatic rings. The second-order valence-corrected chi connectivity index (χ2v) is 9.37. The lowest BCUT2D eigenvalue weighted by molar-refractivity contribution is -0.113. The van der Waals surface area contributed by atoms with E-state index in [0.29, 0.717) is 27.6 Å². The molecule has 1 heterocycles. The molecule has 33 heavy (non-hydrogen) atoms. The first-order valence-electron chi connectivity index (χ1n) is 9.55. The van der Waals surface area contributed by atoms with Gasteiger partial charge in [0.2, 0.25) is 0 Å². The Morgan fingerprint density at radius 1 is 1.03 bits per heavy atom. The first kappa shape index (κ1) is 23.3. The zero-order valence-electron chi connectivity index (χ0n) is 17.1. The van der Waals surface area contributed by atoms with E-state index in [-0.39, 0.29) is 10.7 Å². The van der Waals surface area contributed by atoms with E-state index in [2.05, 4.69) is 22.6 Å². The standard InChI is InChI=1S/C24H15ClINO5S/c1-31-20-12-14(6-11-19(20)32-23(29)17-4-2-3-5-18(17)26)13-21-22(28)27(24(30)33-21)16-9-7-15(25)8-10-16/h2-13H,1H3/b21-13-. The summed E-state index contributed by atoms with van der Waals surface area (Å²) < 4.78 is 11.7. The SMILES string of the molecule is COc1cc(/C=C2\SC(=O)N(c3ccc(Cl)cc3)C2=O)ccc1OC(=O)c1ccccc1I. The van der Waals surface area contributed by atoms with Gasteiger partial charge in [0.1, 0.15) is 0 Å². The molecule has 1 aliphatic rings. The summed E-state index contributed by atoms with van der Waals surface area (Å²) in [5.74, 6) is -0.371. The number of carbonyl (C=O) groups excluding carboxylic acids is 3. The van der Waals surface area contributed by atoms with Crippen molar-refractivity contribution in [3.8, 4) is 11.5 Å². The molecule has 4 rings (SSSR count). The van der Waals surface area contributed by atoms with Crippen LogP contribution in [0.5, 0.6) is 11.5 Å². The van der Waals surface area contributed by atoms with Gasteiger partial charge in [-0.15, -0.1) is 0 Å². The summed E-state index contributed by atoms with van der Waals surface area (Å²) in [5, 5.41) is 0.111. The van der Waals surface area contributed by atoms with Crippen molar-refractivity contribution in [3.05, 3.63) is 91.4 Å². The molecule has 1 saturated heterocycles. The lowest BCUT2D eigenvalue weighted by Crippen LogP contribution is -2.27. The monoisotopic (exact) mass is 591 g/mol. The predicted octanol–water partition coefficient (Wildman–Crippen LogP) is 6.41. The van der Waals surface area contributed by atoms with Gasteiger partial charge in [-0.1, -0.05) is 29.8 Å². The van der Waals surface area contributed by atoms with Crippen LogP contribution in [0.4, 0.5) is 10.5 Å². The molecule has 0 radical (unpaired) electrons. The molecule has 0 saturated carbocycles. The van der Waals surface area contributed by atoms with Gasteiger partial charge in [0.25, 0.3) is 11.1 Å². The highest BCUT2D eigenvalue weighted by Gasteiger charge is 2.36. The Morgan fingerprint density at radius 2 is 1.76 bits per heavy atom. The minimum atomic E-state index is -0.505. The Balaban J connectivity index is 1.57. The van der Waals surface area contributed by atoms with Crippen LogP contribution in [0.2, 0.25) is 5.02 Å². The molecule has 9 heteroatoms. The molecule has 2 amide bonds. The van der Waals surface area contributed by atoms with Gasteiger partial charge >= 0.3 is 5.97 Å². The van der Waals surface area contributed by atoms with Crippen LogP contribution >= 0.6 is 46.0 Å². The molecule has 0 aliphatic carbocycles. The molecule has 0 bridgehead atoms. The number of thioether (sulfide) groups is 1. The summed E-state index contributed by atoms with van der Waals surface area (Å²) in [7, 11) is 1.46. The normalized spacial score (nSPS) is 14.6. The minimum Gasteiger partial charge on any atom is -0.493 e. The number of hydrogen-bond acceptors (Lipinski definition) is 6. The molecule has 1 fully saturated rings. The average Bonchev–Trinajstić information content (AvgIpc) is 3.08. The molecule has 3 aromatic carbocycles. The third-order valence-corrected chi connectivity index (χ3v) is 6.72. The number of hydrogen-bond donors (Lipinski definition) is 0. The largest absolute Gasteiger partial charge is 0.493 e. The highest BCUT2D eigenvalue weighted by atomic mass is 127. The number of rotatable bonds is 5. The van der Waals surface area contributed by atoms with Crippen molar-refractivity contribution >= 4 is 74.8 Å². The van der Waals surface area contributed by atoms with E-state index >= 15 is 0 Å². The maximum atomic E-state index is 12.8. The van der Waals surface area contributed by atoms with Crippen LogP contribution in [-0.2, 0) is 4.79 Å².